The molecule has 0 aromatic carbocycles. The van der Waals surface area contributed by atoms with E-state index in [0.29, 0.717) is 18.1 Å². The van der Waals surface area contributed by atoms with Crippen molar-refractivity contribution in [3.05, 3.63) is 17.0 Å². The molecule has 1 atom stereocenters. The maximum absolute atomic E-state index is 11.9. The minimum absolute atomic E-state index is 0.0132. The predicted molar refractivity (Wildman–Crippen MR) is 89.8 cm³/mol. The van der Waals surface area contributed by atoms with Crippen LogP contribution in [0.3, 0.4) is 0 Å². The summed E-state index contributed by atoms with van der Waals surface area (Å²) in [7, 11) is 0. The molecule has 1 aromatic rings. The largest absolute Gasteiger partial charge is 0.392 e. The second kappa shape index (κ2) is 8.02. The van der Waals surface area contributed by atoms with E-state index in [1.165, 1.54) is 11.8 Å². The van der Waals surface area contributed by atoms with Gasteiger partial charge in [0.1, 0.15) is 5.76 Å². The zero-order chi connectivity index (χ0) is 16.9. The summed E-state index contributed by atoms with van der Waals surface area (Å²) in [5, 5.41) is 17.0. The fraction of sp³-hybridized carbons (Fsp3) is 0.750. The molecule has 1 unspecified atom stereocenters. The topological polar surface area (TPSA) is 75.4 Å². The van der Waals surface area contributed by atoms with Crippen LogP contribution in [-0.4, -0.2) is 34.6 Å². The zero-order valence-corrected chi connectivity index (χ0v) is 15.2. The average Bonchev–Trinajstić information content (AvgIpc) is 2.76. The maximum atomic E-state index is 11.9. The first-order valence-electron chi connectivity index (χ1n) is 7.59. The second-order valence-corrected chi connectivity index (χ2v) is 7.74. The lowest BCUT2D eigenvalue weighted by molar-refractivity contribution is -0.119. The number of hydrogen-bond donors (Lipinski definition) is 2. The van der Waals surface area contributed by atoms with Crippen LogP contribution < -0.4 is 5.32 Å². The number of rotatable bonds is 8. The Morgan fingerprint density at radius 3 is 2.55 bits per heavy atom. The number of amides is 1. The fourth-order valence-corrected chi connectivity index (χ4v) is 3.34. The van der Waals surface area contributed by atoms with E-state index < -0.39 is 6.10 Å². The monoisotopic (exact) mass is 328 g/mol. The van der Waals surface area contributed by atoms with Crippen molar-refractivity contribution in [2.75, 3.05) is 12.3 Å². The minimum Gasteiger partial charge on any atom is -0.392 e. The average molecular weight is 328 g/mol. The number of carbonyl (C=O) groups is 1. The van der Waals surface area contributed by atoms with Crippen molar-refractivity contribution < 1.29 is 14.4 Å². The quantitative estimate of drug-likeness (QED) is 0.767. The highest BCUT2D eigenvalue weighted by atomic mass is 32.2. The molecule has 1 rings (SSSR count). The second-order valence-electron chi connectivity index (χ2n) is 6.75. The summed E-state index contributed by atoms with van der Waals surface area (Å²) in [4.78, 5) is 11.9. The Morgan fingerprint density at radius 1 is 1.41 bits per heavy atom. The van der Waals surface area contributed by atoms with Crippen molar-refractivity contribution in [1.29, 1.82) is 0 Å². The first kappa shape index (κ1) is 19.0. The molecule has 0 radical (unpaired) electrons. The lowest BCUT2D eigenvalue weighted by atomic mass is 9.81. The molecule has 0 fully saturated rings. The van der Waals surface area contributed by atoms with Crippen LogP contribution in [0.5, 0.6) is 0 Å². The van der Waals surface area contributed by atoms with Gasteiger partial charge in [0.2, 0.25) is 5.91 Å². The fourth-order valence-electron chi connectivity index (χ4n) is 2.34. The summed E-state index contributed by atoms with van der Waals surface area (Å²) < 4.78 is 5.10. The third-order valence-corrected chi connectivity index (χ3v) is 4.79. The number of aliphatic hydroxyl groups is 1. The first-order valence-corrected chi connectivity index (χ1v) is 8.75. The van der Waals surface area contributed by atoms with Crippen LogP contribution in [0.4, 0.5) is 0 Å². The Morgan fingerprint density at radius 2 is 2.05 bits per heavy atom. The Labute approximate surface area is 137 Å². The number of aryl methyl sites for hydroxylation is 2. The Kier molecular flexibility index (Phi) is 6.94. The highest BCUT2D eigenvalue weighted by Crippen LogP contribution is 2.25. The lowest BCUT2D eigenvalue weighted by Gasteiger charge is -2.33. The molecule has 0 saturated heterocycles. The highest BCUT2D eigenvalue weighted by molar-refractivity contribution is 7.99. The number of nitrogens with one attached hydrogen (secondary N) is 1. The summed E-state index contributed by atoms with van der Waals surface area (Å²) >= 11 is 1.54. The van der Waals surface area contributed by atoms with Gasteiger partial charge in [-0.05, 0) is 19.8 Å². The van der Waals surface area contributed by atoms with Crippen LogP contribution in [0.2, 0.25) is 0 Å². The van der Waals surface area contributed by atoms with Gasteiger partial charge in [-0.25, -0.2) is 0 Å². The molecule has 126 valence electrons. The standard InChI is InChI=1S/C16H28N2O3S/c1-10(2)15(20)16(5,6)9-17-14(19)8-22-7-13-11(3)18-21-12(13)4/h10,15,20H,7-9H2,1-6H3,(H,17,19). The van der Waals surface area contributed by atoms with Crippen LogP contribution in [0.25, 0.3) is 0 Å². The van der Waals surface area contributed by atoms with E-state index >= 15 is 0 Å². The van der Waals surface area contributed by atoms with Gasteiger partial charge in [0.05, 0.1) is 17.6 Å². The molecule has 1 heterocycles. The number of aliphatic hydroxyl groups excluding tert-OH is 1. The molecule has 6 heteroatoms. The van der Waals surface area contributed by atoms with Crippen molar-refractivity contribution in [3.63, 3.8) is 0 Å². The first-order chi connectivity index (χ1) is 10.1. The molecule has 0 bridgehead atoms. The van der Waals surface area contributed by atoms with E-state index in [4.69, 9.17) is 4.52 Å². The zero-order valence-electron chi connectivity index (χ0n) is 14.4. The SMILES string of the molecule is Cc1noc(C)c1CSCC(=O)NCC(C)(C)C(O)C(C)C. The van der Waals surface area contributed by atoms with E-state index in [2.05, 4.69) is 10.5 Å². The molecule has 0 aliphatic carbocycles. The van der Waals surface area contributed by atoms with E-state index in [1.54, 1.807) is 0 Å². The molecule has 22 heavy (non-hydrogen) atoms. The van der Waals surface area contributed by atoms with E-state index in [9.17, 15) is 9.90 Å². The lowest BCUT2D eigenvalue weighted by Crippen LogP contribution is -2.44. The van der Waals surface area contributed by atoms with Crippen LogP contribution in [0, 0.1) is 25.2 Å². The molecule has 2 N–H and O–H groups in total. The van der Waals surface area contributed by atoms with Crippen LogP contribution in [0.15, 0.2) is 4.52 Å². The van der Waals surface area contributed by atoms with Gasteiger partial charge in [-0.2, -0.15) is 0 Å². The molecule has 1 amide bonds. The van der Waals surface area contributed by atoms with Crippen LogP contribution in [0.1, 0.15) is 44.7 Å². The van der Waals surface area contributed by atoms with Gasteiger partial charge in [0.25, 0.3) is 0 Å². The van der Waals surface area contributed by atoms with Gasteiger partial charge in [-0.15, -0.1) is 11.8 Å². The number of aromatic nitrogens is 1. The van der Waals surface area contributed by atoms with Crippen LogP contribution >= 0.6 is 11.8 Å². The molecule has 0 aliphatic heterocycles. The van der Waals surface area contributed by atoms with Gasteiger partial charge >= 0.3 is 0 Å². The van der Waals surface area contributed by atoms with Crippen molar-refractivity contribution in [2.24, 2.45) is 11.3 Å². The molecule has 0 aliphatic rings. The van der Waals surface area contributed by atoms with E-state index in [1.807, 2.05) is 41.5 Å². The van der Waals surface area contributed by atoms with Gasteiger partial charge in [-0.3, -0.25) is 4.79 Å². The number of hydrogen-bond acceptors (Lipinski definition) is 5. The summed E-state index contributed by atoms with van der Waals surface area (Å²) in [5.41, 5.74) is 1.61. The van der Waals surface area contributed by atoms with Gasteiger partial charge < -0.3 is 14.9 Å². The minimum atomic E-state index is -0.442. The predicted octanol–water partition coefficient (Wildman–Crippen LogP) is 2.68. The van der Waals surface area contributed by atoms with Crippen molar-refractivity contribution in [2.45, 2.75) is 53.4 Å². The third-order valence-electron chi connectivity index (χ3n) is 3.83. The Balaban J connectivity index is 2.35. The van der Waals surface area contributed by atoms with Gasteiger partial charge in [0, 0.05) is 23.3 Å². The normalized spacial score (nSPS) is 13.5. The molecular formula is C16H28N2O3S. The molecule has 0 spiro atoms. The smallest absolute Gasteiger partial charge is 0.230 e. The molecule has 5 nitrogen and oxygen atoms in total. The van der Waals surface area contributed by atoms with Crippen LogP contribution in [-0.2, 0) is 10.5 Å². The summed E-state index contributed by atoms with van der Waals surface area (Å²) in [5.74, 6) is 2.07. The molecule has 0 saturated carbocycles. The van der Waals surface area contributed by atoms with Gasteiger partial charge in [0.15, 0.2) is 0 Å². The highest BCUT2D eigenvalue weighted by Gasteiger charge is 2.30. The maximum Gasteiger partial charge on any atom is 0.230 e. The van der Waals surface area contributed by atoms with E-state index in [0.717, 1.165) is 17.0 Å². The molecular weight excluding hydrogens is 300 g/mol. The third kappa shape index (κ3) is 5.32. The van der Waals surface area contributed by atoms with Crippen molar-refractivity contribution in [1.82, 2.24) is 10.5 Å². The summed E-state index contributed by atoms with van der Waals surface area (Å²) in [6.07, 6.45) is -0.442. The summed E-state index contributed by atoms with van der Waals surface area (Å²) in [6.45, 7) is 12.1. The Hall–Kier alpha value is -1.01. The van der Waals surface area contributed by atoms with Crippen molar-refractivity contribution >= 4 is 17.7 Å². The molecule has 1 aromatic heterocycles. The van der Waals surface area contributed by atoms with E-state index in [-0.39, 0.29) is 17.2 Å². The number of carbonyl (C=O) groups excluding carboxylic acids is 1. The Bertz CT molecular complexity index is 478. The summed E-state index contributed by atoms with van der Waals surface area (Å²) in [6, 6.07) is 0. The van der Waals surface area contributed by atoms with Gasteiger partial charge in [-0.1, -0.05) is 32.9 Å². The number of thioether (sulfide) groups is 1. The number of nitrogens with zero attached hydrogens (tertiary/aromatic N) is 1. The van der Waals surface area contributed by atoms with Crippen molar-refractivity contribution in [3.8, 4) is 0 Å².